The number of phenolic OH excluding ortho intramolecular Hbond substituents is 1. The number of rotatable bonds is 5. The summed E-state index contributed by atoms with van der Waals surface area (Å²) in [7, 11) is 1.50. The van der Waals surface area contributed by atoms with Gasteiger partial charge in [0.2, 0.25) is 0 Å². The second kappa shape index (κ2) is 7.66. The molecule has 0 spiro atoms. The molecule has 0 bridgehead atoms. The van der Waals surface area contributed by atoms with E-state index in [1.807, 2.05) is 36.4 Å². The van der Waals surface area contributed by atoms with Crippen LogP contribution < -0.4 is 10.1 Å². The van der Waals surface area contributed by atoms with E-state index in [4.69, 9.17) is 4.74 Å². The van der Waals surface area contributed by atoms with Gasteiger partial charge in [0.05, 0.1) is 7.11 Å². The average Bonchev–Trinajstić information content (AvgIpc) is 2.59. The molecule has 2 rings (SSSR count). The fraction of sp³-hybridized carbons (Fsp3) is 0.111. The molecule has 5 nitrogen and oxygen atoms in total. The number of ether oxygens (including phenoxy) is 1. The van der Waals surface area contributed by atoms with E-state index in [1.54, 1.807) is 12.1 Å². The van der Waals surface area contributed by atoms with Gasteiger partial charge in [-0.2, -0.15) is 5.26 Å². The zero-order valence-corrected chi connectivity index (χ0v) is 12.6. The number of hydrogen-bond acceptors (Lipinski definition) is 4. The van der Waals surface area contributed by atoms with Crippen LogP contribution in [0.15, 0.2) is 54.1 Å². The SMILES string of the molecule is COc1ccc(O)c(/C=C(\C#N)C(=O)NCc2ccccc2)c1. The average molecular weight is 308 g/mol. The summed E-state index contributed by atoms with van der Waals surface area (Å²) in [6.07, 6.45) is 1.33. The van der Waals surface area contributed by atoms with E-state index in [-0.39, 0.29) is 11.3 Å². The summed E-state index contributed by atoms with van der Waals surface area (Å²) in [5.41, 5.74) is 1.18. The van der Waals surface area contributed by atoms with Gasteiger partial charge in [-0.3, -0.25) is 4.79 Å². The van der Waals surface area contributed by atoms with Gasteiger partial charge in [-0.25, -0.2) is 0 Å². The number of methoxy groups -OCH3 is 1. The predicted octanol–water partition coefficient (Wildman–Crippen LogP) is 2.62. The maximum absolute atomic E-state index is 12.1. The molecule has 0 fully saturated rings. The molecule has 0 aliphatic carbocycles. The van der Waals surface area contributed by atoms with Gasteiger partial charge >= 0.3 is 0 Å². The maximum Gasteiger partial charge on any atom is 0.262 e. The number of amides is 1. The van der Waals surface area contributed by atoms with Gasteiger partial charge < -0.3 is 15.2 Å². The van der Waals surface area contributed by atoms with Crippen molar-refractivity contribution in [1.29, 1.82) is 5.26 Å². The van der Waals surface area contributed by atoms with Crippen molar-refractivity contribution >= 4 is 12.0 Å². The number of benzene rings is 2. The number of phenols is 1. The number of nitrogens with one attached hydrogen (secondary N) is 1. The molecule has 0 unspecified atom stereocenters. The number of nitrogens with zero attached hydrogens (tertiary/aromatic N) is 1. The number of hydrogen-bond donors (Lipinski definition) is 2. The van der Waals surface area contributed by atoms with Gasteiger partial charge in [-0.05, 0) is 29.8 Å². The third-order valence-electron chi connectivity index (χ3n) is 3.20. The Labute approximate surface area is 134 Å². The number of nitriles is 1. The Morgan fingerprint density at radius 1 is 1.30 bits per heavy atom. The lowest BCUT2D eigenvalue weighted by Gasteiger charge is -2.06. The molecular weight excluding hydrogens is 292 g/mol. The summed E-state index contributed by atoms with van der Waals surface area (Å²) < 4.78 is 5.07. The second-order valence-corrected chi connectivity index (χ2v) is 4.76. The quantitative estimate of drug-likeness (QED) is 0.657. The van der Waals surface area contributed by atoms with Crippen LogP contribution in [-0.2, 0) is 11.3 Å². The smallest absolute Gasteiger partial charge is 0.262 e. The van der Waals surface area contributed by atoms with Crippen molar-refractivity contribution < 1.29 is 14.6 Å². The van der Waals surface area contributed by atoms with Crippen molar-refractivity contribution in [2.24, 2.45) is 0 Å². The first-order chi connectivity index (χ1) is 11.1. The zero-order valence-electron chi connectivity index (χ0n) is 12.6. The molecule has 1 amide bonds. The van der Waals surface area contributed by atoms with Gasteiger partial charge in [-0.15, -0.1) is 0 Å². The van der Waals surface area contributed by atoms with Crippen LogP contribution in [0.4, 0.5) is 0 Å². The largest absolute Gasteiger partial charge is 0.507 e. The Morgan fingerprint density at radius 3 is 2.70 bits per heavy atom. The lowest BCUT2D eigenvalue weighted by Crippen LogP contribution is -2.23. The fourth-order valence-electron chi connectivity index (χ4n) is 1.95. The fourth-order valence-corrected chi connectivity index (χ4v) is 1.95. The molecule has 0 aliphatic heterocycles. The highest BCUT2D eigenvalue weighted by molar-refractivity contribution is 6.01. The Morgan fingerprint density at radius 2 is 2.04 bits per heavy atom. The van der Waals surface area contributed by atoms with Crippen LogP contribution in [0.5, 0.6) is 11.5 Å². The topological polar surface area (TPSA) is 82.3 Å². The van der Waals surface area contributed by atoms with Crippen molar-refractivity contribution in [3.63, 3.8) is 0 Å². The molecule has 0 atom stereocenters. The first-order valence-corrected chi connectivity index (χ1v) is 6.95. The van der Waals surface area contributed by atoms with E-state index >= 15 is 0 Å². The Hall–Kier alpha value is -3.26. The molecule has 2 N–H and O–H groups in total. The standard InChI is InChI=1S/C18H16N2O3/c1-23-16-7-8-17(21)14(10-16)9-15(11-19)18(22)20-12-13-5-3-2-4-6-13/h2-10,21H,12H2,1H3,(H,20,22)/b15-9+. The monoisotopic (exact) mass is 308 g/mol. The molecule has 0 radical (unpaired) electrons. The summed E-state index contributed by atoms with van der Waals surface area (Å²) in [6, 6.07) is 15.8. The van der Waals surface area contributed by atoms with Crippen LogP contribution in [0, 0.1) is 11.3 Å². The highest BCUT2D eigenvalue weighted by atomic mass is 16.5. The van der Waals surface area contributed by atoms with Gasteiger partial charge in [0.1, 0.15) is 23.1 Å². The van der Waals surface area contributed by atoms with Gasteiger partial charge in [0.25, 0.3) is 5.91 Å². The lowest BCUT2D eigenvalue weighted by atomic mass is 10.1. The summed E-state index contributed by atoms with van der Waals surface area (Å²) in [4.78, 5) is 12.1. The highest BCUT2D eigenvalue weighted by Gasteiger charge is 2.10. The molecule has 0 aromatic heterocycles. The second-order valence-electron chi connectivity index (χ2n) is 4.76. The van der Waals surface area contributed by atoms with Crippen LogP contribution in [0.2, 0.25) is 0 Å². The number of carbonyl (C=O) groups is 1. The number of aromatic hydroxyl groups is 1. The van der Waals surface area contributed by atoms with Crippen LogP contribution in [0.3, 0.4) is 0 Å². The van der Waals surface area contributed by atoms with E-state index in [2.05, 4.69) is 5.32 Å². The molecule has 0 saturated carbocycles. The Balaban J connectivity index is 2.15. The van der Waals surface area contributed by atoms with Gasteiger partial charge in [0.15, 0.2) is 0 Å². The summed E-state index contributed by atoms with van der Waals surface area (Å²) in [5.74, 6) is -0.0102. The molecule has 2 aromatic carbocycles. The van der Waals surface area contributed by atoms with Gasteiger partial charge in [0, 0.05) is 12.1 Å². The molecule has 2 aromatic rings. The third-order valence-corrected chi connectivity index (χ3v) is 3.20. The molecule has 0 aliphatic rings. The van der Waals surface area contributed by atoms with Crippen LogP contribution in [0.25, 0.3) is 6.08 Å². The molecular formula is C18H16N2O3. The summed E-state index contributed by atoms with van der Waals surface area (Å²) in [5, 5.41) is 21.7. The highest BCUT2D eigenvalue weighted by Crippen LogP contribution is 2.25. The van der Waals surface area contributed by atoms with Crippen molar-refractivity contribution in [3.8, 4) is 17.6 Å². The van der Waals surface area contributed by atoms with Crippen molar-refractivity contribution in [3.05, 3.63) is 65.2 Å². The molecule has 5 heteroatoms. The predicted molar refractivity (Wildman–Crippen MR) is 86.5 cm³/mol. The van der Waals surface area contributed by atoms with Crippen molar-refractivity contribution in [1.82, 2.24) is 5.32 Å². The van der Waals surface area contributed by atoms with Gasteiger partial charge in [-0.1, -0.05) is 30.3 Å². The summed E-state index contributed by atoms with van der Waals surface area (Å²) >= 11 is 0. The molecule has 0 saturated heterocycles. The van der Waals surface area contributed by atoms with Crippen LogP contribution >= 0.6 is 0 Å². The van der Waals surface area contributed by atoms with Crippen LogP contribution in [-0.4, -0.2) is 18.1 Å². The molecule has 116 valence electrons. The minimum atomic E-state index is -0.501. The normalized spacial score (nSPS) is 10.7. The van der Waals surface area contributed by atoms with E-state index in [1.165, 1.54) is 19.3 Å². The summed E-state index contributed by atoms with van der Waals surface area (Å²) in [6.45, 7) is 0.322. The van der Waals surface area contributed by atoms with E-state index in [0.29, 0.717) is 17.9 Å². The Bertz CT molecular complexity index is 762. The number of carbonyl (C=O) groups excluding carboxylic acids is 1. The lowest BCUT2D eigenvalue weighted by molar-refractivity contribution is -0.117. The minimum absolute atomic E-state index is 0.0330. The minimum Gasteiger partial charge on any atom is -0.507 e. The van der Waals surface area contributed by atoms with E-state index < -0.39 is 5.91 Å². The van der Waals surface area contributed by atoms with E-state index in [0.717, 1.165) is 5.56 Å². The zero-order chi connectivity index (χ0) is 16.7. The molecule has 0 heterocycles. The Kier molecular flexibility index (Phi) is 5.37. The van der Waals surface area contributed by atoms with Crippen molar-refractivity contribution in [2.45, 2.75) is 6.54 Å². The third kappa shape index (κ3) is 4.35. The maximum atomic E-state index is 12.1. The first-order valence-electron chi connectivity index (χ1n) is 6.95. The van der Waals surface area contributed by atoms with E-state index in [9.17, 15) is 15.2 Å². The van der Waals surface area contributed by atoms with Crippen molar-refractivity contribution in [2.75, 3.05) is 7.11 Å². The molecule has 23 heavy (non-hydrogen) atoms. The first kappa shape index (κ1) is 16.1. The van der Waals surface area contributed by atoms with Crippen LogP contribution in [0.1, 0.15) is 11.1 Å².